The van der Waals surface area contributed by atoms with Gasteiger partial charge in [-0.15, -0.1) is 0 Å². The molecule has 1 amide bonds. The van der Waals surface area contributed by atoms with E-state index in [2.05, 4.69) is 6.92 Å². The first kappa shape index (κ1) is 27.4. The van der Waals surface area contributed by atoms with Crippen molar-refractivity contribution >= 4 is 16.2 Å². The van der Waals surface area contributed by atoms with Gasteiger partial charge in [0.1, 0.15) is 5.60 Å². The predicted molar refractivity (Wildman–Crippen MR) is 124 cm³/mol. The summed E-state index contributed by atoms with van der Waals surface area (Å²) in [7, 11) is -3.40. The molecule has 0 spiro atoms. The molecule has 0 saturated carbocycles. The Balaban J connectivity index is 0.000000500. The number of nitrogens with zero attached hydrogens (tertiary/aromatic N) is 1. The van der Waals surface area contributed by atoms with E-state index in [1.165, 1.54) is 5.56 Å². The normalized spacial score (nSPS) is 16.3. The lowest BCUT2D eigenvalue weighted by molar-refractivity contribution is 0.00592. The van der Waals surface area contributed by atoms with Gasteiger partial charge in [-0.1, -0.05) is 43.7 Å². The molecule has 1 aromatic rings. The van der Waals surface area contributed by atoms with Gasteiger partial charge in [0.25, 0.3) is 10.1 Å². The lowest BCUT2D eigenvalue weighted by Gasteiger charge is -2.42. The van der Waals surface area contributed by atoms with Crippen LogP contribution in [-0.4, -0.2) is 51.0 Å². The van der Waals surface area contributed by atoms with Gasteiger partial charge < -0.3 is 15.4 Å². The molecule has 2 rings (SSSR count). The monoisotopic (exact) mass is 456 g/mol. The van der Waals surface area contributed by atoms with E-state index in [-0.39, 0.29) is 18.1 Å². The van der Waals surface area contributed by atoms with Crippen LogP contribution in [0.3, 0.4) is 0 Å². The van der Waals surface area contributed by atoms with E-state index < -0.39 is 15.7 Å². The van der Waals surface area contributed by atoms with Crippen molar-refractivity contribution < 1.29 is 22.1 Å². The van der Waals surface area contributed by atoms with Gasteiger partial charge in [0.05, 0.1) is 12.9 Å². The van der Waals surface area contributed by atoms with Crippen molar-refractivity contribution in [3.05, 3.63) is 35.9 Å². The number of hydrogen-bond donors (Lipinski definition) is 1. The number of likely N-dealkylation sites (tertiary alicyclic amines) is 1. The van der Waals surface area contributed by atoms with Crippen LogP contribution in [0.5, 0.6) is 0 Å². The average Bonchev–Trinajstić information content (AvgIpc) is 2.67. The van der Waals surface area contributed by atoms with Crippen LogP contribution in [0.25, 0.3) is 0 Å². The van der Waals surface area contributed by atoms with Crippen molar-refractivity contribution in [3.63, 3.8) is 0 Å². The number of rotatable bonds is 7. The highest BCUT2D eigenvalue weighted by Gasteiger charge is 2.36. The number of carbonyl (C=O) groups is 1. The van der Waals surface area contributed by atoms with Crippen molar-refractivity contribution in [1.29, 1.82) is 0 Å². The van der Waals surface area contributed by atoms with Crippen molar-refractivity contribution in [3.8, 4) is 0 Å². The fourth-order valence-electron chi connectivity index (χ4n) is 3.67. The molecule has 0 bridgehead atoms. The molecule has 1 aliphatic heterocycles. The maximum absolute atomic E-state index is 12.1. The van der Waals surface area contributed by atoms with E-state index in [1.54, 1.807) is 4.90 Å². The second kappa shape index (κ2) is 12.4. The van der Waals surface area contributed by atoms with Crippen LogP contribution >= 0.6 is 0 Å². The third-order valence-corrected chi connectivity index (χ3v) is 5.86. The Bertz CT molecular complexity index is 752. The molecule has 31 heavy (non-hydrogen) atoms. The largest absolute Gasteiger partial charge is 0.444 e. The Kier molecular flexibility index (Phi) is 11.0. The Hall–Kier alpha value is -1.64. The molecule has 7 nitrogen and oxygen atoms in total. The van der Waals surface area contributed by atoms with Crippen LogP contribution in [0.1, 0.15) is 65.4 Å². The second-order valence-electron chi connectivity index (χ2n) is 9.18. The number of amides is 1. The van der Waals surface area contributed by atoms with E-state index in [9.17, 15) is 13.2 Å². The summed E-state index contributed by atoms with van der Waals surface area (Å²) in [6.07, 6.45) is 5.27. The molecule has 0 unspecified atom stereocenters. The zero-order valence-corrected chi connectivity index (χ0v) is 20.5. The number of benzene rings is 1. The first-order chi connectivity index (χ1) is 14.4. The summed E-state index contributed by atoms with van der Waals surface area (Å²) in [4.78, 5) is 13.9. The lowest BCUT2D eigenvalue weighted by Crippen LogP contribution is -2.45. The highest BCUT2D eigenvalue weighted by Crippen LogP contribution is 2.39. The minimum atomic E-state index is -3.40. The summed E-state index contributed by atoms with van der Waals surface area (Å²) in [5.41, 5.74) is 6.10. The van der Waals surface area contributed by atoms with Gasteiger partial charge in [0.2, 0.25) is 0 Å². The smallest absolute Gasteiger partial charge is 0.410 e. The summed E-state index contributed by atoms with van der Waals surface area (Å²) in [6, 6.07) is 9.99. The fraction of sp³-hybridized carbons (Fsp3) is 0.696. The first-order valence-electron chi connectivity index (χ1n) is 11.0. The van der Waals surface area contributed by atoms with Gasteiger partial charge in [0.15, 0.2) is 0 Å². The number of piperidine rings is 1. The number of hydrogen-bond acceptors (Lipinski definition) is 6. The average molecular weight is 457 g/mol. The zero-order chi connectivity index (χ0) is 23.5. The number of carbonyl (C=O) groups excluding carboxylic acids is 1. The summed E-state index contributed by atoms with van der Waals surface area (Å²) < 4.78 is 32.6. The van der Waals surface area contributed by atoms with Crippen LogP contribution in [0.15, 0.2) is 30.3 Å². The van der Waals surface area contributed by atoms with Gasteiger partial charge in [-0.2, -0.15) is 8.42 Å². The molecule has 178 valence electrons. The molecule has 0 aliphatic carbocycles. The van der Waals surface area contributed by atoms with E-state index >= 15 is 0 Å². The van der Waals surface area contributed by atoms with Crippen molar-refractivity contribution in [2.45, 2.75) is 71.9 Å². The van der Waals surface area contributed by atoms with Crippen LogP contribution in [-0.2, 0) is 25.6 Å². The van der Waals surface area contributed by atoms with E-state index in [0.717, 1.165) is 31.9 Å². The van der Waals surface area contributed by atoms with Crippen molar-refractivity contribution in [2.24, 2.45) is 11.1 Å². The molecular weight excluding hydrogens is 416 g/mol. The Morgan fingerprint density at radius 1 is 1.13 bits per heavy atom. The SMILES string of the molecule is CCCC1(CCOS(C)(=O)=O)CCN(C(=O)OC(C)(C)C)CC1.NCc1ccccc1. The highest BCUT2D eigenvalue weighted by atomic mass is 32.2. The molecule has 0 atom stereocenters. The third-order valence-electron chi connectivity index (χ3n) is 5.26. The quantitative estimate of drug-likeness (QED) is 0.614. The maximum atomic E-state index is 12.1. The molecule has 0 aromatic heterocycles. The summed E-state index contributed by atoms with van der Waals surface area (Å²) in [5, 5.41) is 0. The van der Waals surface area contributed by atoms with Crippen molar-refractivity contribution in [1.82, 2.24) is 4.90 Å². The Morgan fingerprint density at radius 3 is 2.13 bits per heavy atom. The van der Waals surface area contributed by atoms with E-state index in [1.807, 2.05) is 51.1 Å². The lowest BCUT2D eigenvalue weighted by atomic mass is 9.73. The molecule has 1 fully saturated rings. The topological polar surface area (TPSA) is 98.9 Å². The van der Waals surface area contributed by atoms with Gasteiger partial charge in [-0.25, -0.2) is 4.79 Å². The molecular formula is C23H40N2O5S. The third kappa shape index (κ3) is 11.5. The van der Waals surface area contributed by atoms with Gasteiger partial charge in [-0.3, -0.25) is 4.18 Å². The standard InChI is InChI=1S/C16H31NO5S.C7H9N/c1-6-7-16(10-13-21-23(5,19)20)8-11-17(12-9-16)14(18)22-15(2,3)4;8-6-7-4-2-1-3-5-7/h6-13H2,1-5H3;1-5H,6,8H2. The predicted octanol–water partition coefficient (Wildman–Crippen LogP) is 4.32. The first-order valence-corrected chi connectivity index (χ1v) is 12.8. The molecule has 1 heterocycles. The minimum absolute atomic E-state index is 0.0535. The van der Waals surface area contributed by atoms with Crippen LogP contribution < -0.4 is 5.73 Å². The molecule has 2 N–H and O–H groups in total. The molecule has 1 saturated heterocycles. The van der Waals surface area contributed by atoms with Gasteiger partial charge >= 0.3 is 6.09 Å². The Labute approximate surface area is 188 Å². The number of nitrogens with two attached hydrogens (primary N) is 1. The van der Waals surface area contributed by atoms with Crippen LogP contribution in [0, 0.1) is 5.41 Å². The van der Waals surface area contributed by atoms with Gasteiger partial charge in [0, 0.05) is 19.6 Å². The van der Waals surface area contributed by atoms with Crippen LogP contribution in [0.2, 0.25) is 0 Å². The minimum Gasteiger partial charge on any atom is -0.444 e. The maximum Gasteiger partial charge on any atom is 0.410 e. The van der Waals surface area contributed by atoms with Gasteiger partial charge in [-0.05, 0) is 57.4 Å². The zero-order valence-electron chi connectivity index (χ0n) is 19.7. The van der Waals surface area contributed by atoms with Crippen molar-refractivity contribution in [2.75, 3.05) is 26.0 Å². The fourth-order valence-corrected chi connectivity index (χ4v) is 4.06. The molecule has 1 aliphatic rings. The van der Waals surface area contributed by atoms with Crippen LogP contribution in [0.4, 0.5) is 4.79 Å². The Morgan fingerprint density at radius 2 is 1.71 bits per heavy atom. The van der Waals surface area contributed by atoms with E-state index in [0.29, 0.717) is 26.1 Å². The second-order valence-corrected chi connectivity index (χ2v) is 10.8. The molecule has 8 heteroatoms. The summed E-state index contributed by atoms with van der Waals surface area (Å²) in [5.74, 6) is 0. The molecule has 1 aromatic carbocycles. The molecule has 0 radical (unpaired) electrons. The summed E-state index contributed by atoms with van der Waals surface area (Å²) >= 11 is 0. The summed E-state index contributed by atoms with van der Waals surface area (Å²) in [6.45, 7) is 9.85. The highest BCUT2D eigenvalue weighted by molar-refractivity contribution is 7.85. The van der Waals surface area contributed by atoms with E-state index in [4.69, 9.17) is 14.7 Å². The number of ether oxygens (including phenoxy) is 1.